The van der Waals surface area contributed by atoms with Gasteiger partial charge in [0, 0.05) is 32.2 Å². The predicted molar refractivity (Wildman–Crippen MR) is 90.1 cm³/mol. The van der Waals surface area contributed by atoms with E-state index in [4.69, 9.17) is 4.74 Å². The summed E-state index contributed by atoms with van der Waals surface area (Å²) in [6.07, 6.45) is 3.30. The van der Waals surface area contributed by atoms with Gasteiger partial charge in [-0.1, -0.05) is 36.8 Å². The third-order valence-electron chi connectivity index (χ3n) is 4.71. The smallest absolute Gasteiger partial charge is 0.250 e. The molecule has 2 atom stereocenters. The first-order valence-corrected chi connectivity index (χ1v) is 8.71. The van der Waals surface area contributed by atoms with Crippen molar-refractivity contribution in [3.05, 3.63) is 35.9 Å². The number of hydrogen-bond donors (Lipinski definition) is 2. The highest BCUT2D eigenvalue weighted by Gasteiger charge is 2.26. The van der Waals surface area contributed by atoms with Crippen LogP contribution in [-0.2, 0) is 16.1 Å². The Kier molecular flexibility index (Phi) is 6.02. The Hall–Kier alpha value is -1.43. The van der Waals surface area contributed by atoms with Gasteiger partial charge in [-0.05, 0) is 24.9 Å². The number of morpholine rings is 1. The zero-order chi connectivity index (χ0) is 15.9. The molecule has 2 fully saturated rings. The molecule has 1 aromatic carbocycles. The van der Waals surface area contributed by atoms with Crippen molar-refractivity contribution in [2.24, 2.45) is 0 Å². The maximum Gasteiger partial charge on any atom is 0.250 e. The Labute approximate surface area is 138 Å². The van der Waals surface area contributed by atoms with E-state index in [1.54, 1.807) is 0 Å². The molecule has 23 heavy (non-hydrogen) atoms. The molecule has 5 nitrogen and oxygen atoms in total. The molecule has 2 aliphatic heterocycles. The zero-order valence-electron chi connectivity index (χ0n) is 13.7. The molecule has 5 heteroatoms. The van der Waals surface area contributed by atoms with Crippen molar-refractivity contribution in [3.63, 3.8) is 0 Å². The van der Waals surface area contributed by atoms with E-state index in [2.05, 4.69) is 45.9 Å². The second-order valence-electron chi connectivity index (χ2n) is 6.41. The number of carbonyl (C=O) groups excluding carboxylic acids is 1. The molecule has 0 spiro atoms. The van der Waals surface area contributed by atoms with Crippen LogP contribution >= 0.6 is 0 Å². The van der Waals surface area contributed by atoms with Gasteiger partial charge in [-0.25, -0.2) is 0 Å². The molecule has 1 aromatic rings. The highest BCUT2D eigenvalue weighted by atomic mass is 16.5. The maximum absolute atomic E-state index is 12.2. The average Bonchev–Trinajstić information content (AvgIpc) is 2.62. The molecule has 126 valence electrons. The summed E-state index contributed by atoms with van der Waals surface area (Å²) in [4.78, 5) is 14.7. The molecule has 0 radical (unpaired) electrons. The predicted octanol–water partition coefficient (Wildman–Crippen LogP) is 1.15. The van der Waals surface area contributed by atoms with Gasteiger partial charge < -0.3 is 15.4 Å². The van der Waals surface area contributed by atoms with Gasteiger partial charge in [0.2, 0.25) is 0 Å². The number of amides is 1. The minimum atomic E-state index is -0.338. The molecule has 0 aliphatic carbocycles. The van der Waals surface area contributed by atoms with Crippen molar-refractivity contribution < 1.29 is 9.53 Å². The third-order valence-corrected chi connectivity index (χ3v) is 4.71. The van der Waals surface area contributed by atoms with Crippen LogP contribution in [0.2, 0.25) is 0 Å². The number of ether oxygens (including phenoxy) is 1. The number of benzene rings is 1. The lowest BCUT2D eigenvalue weighted by Crippen LogP contribution is -2.51. The molecule has 2 N–H and O–H groups in total. The highest BCUT2D eigenvalue weighted by molar-refractivity contribution is 5.81. The van der Waals surface area contributed by atoms with Crippen LogP contribution in [0.4, 0.5) is 0 Å². The van der Waals surface area contributed by atoms with Crippen molar-refractivity contribution >= 4 is 5.91 Å². The van der Waals surface area contributed by atoms with Crippen molar-refractivity contribution in [3.8, 4) is 0 Å². The summed E-state index contributed by atoms with van der Waals surface area (Å²) in [5.41, 5.74) is 1.34. The number of nitrogens with one attached hydrogen (secondary N) is 2. The number of piperidine rings is 1. The standard InChI is InChI=1S/C18H27N3O2/c22-18(17-13-19-9-11-23-17)20-12-16-8-4-5-10-21(16)14-15-6-2-1-3-7-15/h1-3,6-7,16-17,19H,4-5,8-14H2,(H,20,22). The fourth-order valence-corrected chi connectivity index (χ4v) is 3.38. The van der Waals surface area contributed by atoms with Crippen molar-refractivity contribution in [1.82, 2.24) is 15.5 Å². The lowest BCUT2D eigenvalue weighted by atomic mass is 10.0. The summed E-state index contributed by atoms with van der Waals surface area (Å²) in [6.45, 7) is 4.84. The van der Waals surface area contributed by atoms with Crippen LogP contribution in [0.1, 0.15) is 24.8 Å². The fourth-order valence-electron chi connectivity index (χ4n) is 3.38. The van der Waals surface area contributed by atoms with Crippen molar-refractivity contribution in [2.75, 3.05) is 32.8 Å². The quantitative estimate of drug-likeness (QED) is 0.855. The Morgan fingerprint density at radius 3 is 2.96 bits per heavy atom. The van der Waals surface area contributed by atoms with Gasteiger partial charge in [-0.15, -0.1) is 0 Å². The average molecular weight is 317 g/mol. The molecule has 2 heterocycles. The number of carbonyl (C=O) groups is 1. The van der Waals surface area contributed by atoms with Gasteiger partial charge in [-0.3, -0.25) is 9.69 Å². The summed E-state index contributed by atoms with van der Waals surface area (Å²) in [5.74, 6) is 0.0161. The van der Waals surface area contributed by atoms with E-state index in [9.17, 15) is 4.79 Å². The van der Waals surface area contributed by atoms with E-state index in [0.29, 0.717) is 25.7 Å². The normalized spacial score (nSPS) is 25.9. The maximum atomic E-state index is 12.2. The molecular weight excluding hydrogens is 290 g/mol. The van der Waals surface area contributed by atoms with Crippen LogP contribution in [0.15, 0.2) is 30.3 Å². The van der Waals surface area contributed by atoms with E-state index in [-0.39, 0.29) is 12.0 Å². The lowest BCUT2D eigenvalue weighted by Gasteiger charge is -2.36. The molecule has 0 saturated carbocycles. The Bertz CT molecular complexity index is 488. The molecule has 2 unspecified atom stereocenters. The summed E-state index contributed by atoms with van der Waals surface area (Å²) < 4.78 is 5.51. The third kappa shape index (κ3) is 4.77. The lowest BCUT2D eigenvalue weighted by molar-refractivity contribution is -0.134. The molecular formula is C18H27N3O2. The van der Waals surface area contributed by atoms with Gasteiger partial charge in [-0.2, -0.15) is 0 Å². The first-order chi connectivity index (χ1) is 11.3. The summed E-state index contributed by atoms with van der Waals surface area (Å²) >= 11 is 0. The van der Waals surface area contributed by atoms with E-state index < -0.39 is 0 Å². The molecule has 0 bridgehead atoms. The Morgan fingerprint density at radius 1 is 1.30 bits per heavy atom. The van der Waals surface area contributed by atoms with Gasteiger partial charge >= 0.3 is 0 Å². The minimum absolute atomic E-state index is 0.0161. The number of likely N-dealkylation sites (tertiary alicyclic amines) is 1. The summed E-state index contributed by atoms with van der Waals surface area (Å²) in [5, 5.41) is 6.29. The van der Waals surface area contributed by atoms with Crippen molar-refractivity contribution in [2.45, 2.75) is 38.0 Å². The van der Waals surface area contributed by atoms with Crippen LogP contribution in [-0.4, -0.2) is 55.7 Å². The van der Waals surface area contributed by atoms with E-state index >= 15 is 0 Å². The van der Waals surface area contributed by atoms with Crippen molar-refractivity contribution in [1.29, 1.82) is 0 Å². The van der Waals surface area contributed by atoms with Gasteiger partial charge in [0.25, 0.3) is 5.91 Å². The number of hydrogen-bond acceptors (Lipinski definition) is 4. The Morgan fingerprint density at radius 2 is 2.17 bits per heavy atom. The molecule has 3 rings (SSSR count). The zero-order valence-corrected chi connectivity index (χ0v) is 13.7. The molecule has 0 aromatic heterocycles. The van der Waals surface area contributed by atoms with E-state index in [1.807, 2.05) is 0 Å². The first-order valence-electron chi connectivity index (χ1n) is 8.71. The first kappa shape index (κ1) is 16.4. The Balaban J connectivity index is 1.51. The van der Waals surface area contributed by atoms with Crippen LogP contribution in [0.25, 0.3) is 0 Å². The fraction of sp³-hybridized carbons (Fsp3) is 0.611. The van der Waals surface area contributed by atoms with Crippen LogP contribution in [0, 0.1) is 0 Å². The minimum Gasteiger partial charge on any atom is -0.366 e. The number of nitrogens with zero attached hydrogens (tertiary/aromatic N) is 1. The SMILES string of the molecule is O=C(NCC1CCCCN1Cc1ccccc1)C1CNCCO1. The number of rotatable bonds is 5. The summed E-state index contributed by atoms with van der Waals surface area (Å²) in [6, 6.07) is 11.0. The van der Waals surface area contributed by atoms with Crippen LogP contribution in [0.3, 0.4) is 0 Å². The van der Waals surface area contributed by atoms with Crippen LogP contribution in [0.5, 0.6) is 0 Å². The van der Waals surface area contributed by atoms with Crippen LogP contribution < -0.4 is 10.6 Å². The molecule has 2 aliphatic rings. The largest absolute Gasteiger partial charge is 0.366 e. The van der Waals surface area contributed by atoms with Gasteiger partial charge in [0.05, 0.1) is 6.61 Å². The van der Waals surface area contributed by atoms with Gasteiger partial charge in [0.15, 0.2) is 0 Å². The van der Waals surface area contributed by atoms with E-state index in [1.165, 1.54) is 18.4 Å². The second-order valence-corrected chi connectivity index (χ2v) is 6.41. The second kappa shape index (κ2) is 8.43. The topological polar surface area (TPSA) is 53.6 Å². The summed E-state index contributed by atoms with van der Waals surface area (Å²) in [7, 11) is 0. The molecule has 2 saturated heterocycles. The molecule has 1 amide bonds. The van der Waals surface area contributed by atoms with E-state index in [0.717, 1.165) is 26.1 Å². The highest BCUT2D eigenvalue weighted by Crippen LogP contribution is 2.19. The van der Waals surface area contributed by atoms with Gasteiger partial charge in [0.1, 0.15) is 6.10 Å². The monoisotopic (exact) mass is 317 g/mol.